The molecule has 3 unspecified atom stereocenters. The molecule has 5 aromatic carbocycles. The lowest BCUT2D eigenvalue weighted by Crippen LogP contribution is -2.48. The number of para-hydroxylation sites is 1. The number of pyridine rings is 1. The van der Waals surface area contributed by atoms with Gasteiger partial charge in [-0.2, -0.15) is 0 Å². The van der Waals surface area contributed by atoms with Gasteiger partial charge in [0.2, 0.25) is 5.96 Å². The summed E-state index contributed by atoms with van der Waals surface area (Å²) in [6.45, 7) is 4.69. The van der Waals surface area contributed by atoms with E-state index in [4.69, 9.17) is 9.98 Å². The monoisotopic (exact) mass is 672 g/mol. The van der Waals surface area contributed by atoms with Gasteiger partial charge in [-0.15, -0.1) is 0 Å². The molecule has 252 valence electrons. The highest BCUT2D eigenvalue weighted by molar-refractivity contribution is 6.17. The quantitative estimate of drug-likeness (QED) is 0.187. The molecule has 0 fully saturated rings. The Labute approximate surface area is 304 Å². The molecular formula is C48H40N4. The zero-order valence-electron chi connectivity index (χ0n) is 29.8. The van der Waals surface area contributed by atoms with Crippen LogP contribution in [0, 0.1) is 11.3 Å². The van der Waals surface area contributed by atoms with E-state index in [1.807, 2.05) is 0 Å². The molecule has 0 radical (unpaired) electrons. The molecule has 10 rings (SSSR count). The van der Waals surface area contributed by atoms with Gasteiger partial charge in [0.1, 0.15) is 0 Å². The molecule has 3 heterocycles. The highest BCUT2D eigenvalue weighted by Crippen LogP contribution is 2.52. The third-order valence-electron chi connectivity index (χ3n) is 11.7. The van der Waals surface area contributed by atoms with Crippen molar-refractivity contribution in [1.82, 2.24) is 14.5 Å². The van der Waals surface area contributed by atoms with Crippen LogP contribution in [0.25, 0.3) is 61.0 Å². The Morgan fingerprint density at radius 3 is 2.35 bits per heavy atom. The topological polar surface area (TPSA) is 33.4 Å². The number of fused-ring (bicyclic) bond motifs is 7. The fraction of sp³-hybridized carbons (Fsp3) is 0.167. The Morgan fingerprint density at radius 2 is 1.52 bits per heavy atom. The van der Waals surface area contributed by atoms with Crippen LogP contribution in [0.1, 0.15) is 43.1 Å². The first-order valence-electron chi connectivity index (χ1n) is 18.5. The molecule has 0 spiro atoms. The Bertz CT molecular complexity index is 2680. The minimum Gasteiger partial charge on any atom is -0.335 e. The van der Waals surface area contributed by atoms with Crippen molar-refractivity contribution in [2.75, 3.05) is 7.05 Å². The predicted molar refractivity (Wildman–Crippen MR) is 217 cm³/mol. The van der Waals surface area contributed by atoms with Crippen LogP contribution in [-0.2, 0) is 6.42 Å². The molecule has 1 aliphatic heterocycles. The number of rotatable bonds is 3. The predicted octanol–water partition coefficient (Wildman–Crippen LogP) is 11.6. The second kappa shape index (κ2) is 11.8. The number of hydrogen-bond donors (Lipinski definition) is 0. The van der Waals surface area contributed by atoms with E-state index >= 15 is 0 Å². The van der Waals surface area contributed by atoms with Gasteiger partial charge >= 0.3 is 0 Å². The van der Waals surface area contributed by atoms with Crippen molar-refractivity contribution in [2.45, 2.75) is 32.7 Å². The molecular weight excluding hydrogens is 633 g/mol. The van der Waals surface area contributed by atoms with Crippen molar-refractivity contribution in [2.24, 2.45) is 16.3 Å². The van der Waals surface area contributed by atoms with Gasteiger partial charge in [0, 0.05) is 28.6 Å². The largest absolute Gasteiger partial charge is 0.335 e. The van der Waals surface area contributed by atoms with Crippen LogP contribution in [-0.4, -0.2) is 27.5 Å². The highest BCUT2D eigenvalue weighted by atomic mass is 15.4. The number of nitrogens with zero attached hydrogens (tertiary/aromatic N) is 4. The Morgan fingerprint density at radius 1 is 0.750 bits per heavy atom. The van der Waals surface area contributed by atoms with E-state index in [2.05, 4.69) is 182 Å². The van der Waals surface area contributed by atoms with E-state index in [1.54, 1.807) is 0 Å². The van der Waals surface area contributed by atoms with Crippen LogP contribution in [0.4, 0.5) is 0 Å². The van der Waals surface area contributed by atoms with Gasteiger partial charge in [0.25, 0.3) is 0 Å². The van der Waals surface area contributed by atoms with Crippen LogP contribution in [0.15, 0.2) is 156 Å². The van der Waals surface area contributed by atoms with E-state index in [1.165, 1.54) is 55.2 Å². The summed E-state index contributed by atoms with van der Waals surface area (Å²) in [6.07, 6.45) is 13.2. The number of aliphatic imine (C=N–C) groups is 1. The number of allylic oxidation sites excluding steroid dienone is 4. The van der Waals surface area contributed by atoms with E-state index in [0.29, 0.717) is 5.92 Å². The molecule has 4 nitrogen and oxygen atoms in total. The van der Waals surface area contributed by atoms with Gasteiger partial charge < -0.3 is 4.90 Å². The normalized spacial score (nSPS) is 20.9. The lowest BCUT2D eigenvalue weighted by Gasteiger charge is -2.48. The van der Waals surface area contributed by atoms with E-state index in [-0.39, 0.29) is 11.5 Å². The summed E-state index contributed by atoms with van der Waals surface area (Å²) in [4.78, 5) is 13.5. The first kappa shape index (κ1) is 30.8. The SMILES string of the molecule is CC1C=Cc2ccc3c(c2C1)c1ccc(-c2ccccc2)cc1n3C1=NC2=CC=CCC2(C)C(c2cc(-c3ccccc3)c3ccccc3n2)N1C. The van der Waals surface area contributed by atoms with E-state index in [0.717, 1.165) is 41.1 Å². The maximum absolute atomic E-state index is 5.62. The first-order chi connectivity index (χ1) is 25.5. The van der Waals surface area contributed by atoms with Crippen LogP contribution in [0.3, 0.4) is 0 Å². The van der Waals surface area contributed by atoms with Crippen molar-refractivity contribution in [3.05, 3.63) is 168 Å². The van der Waals surface area contributed by atoms with Gasteiger partial charge in [-0.25, -0.2) is 4.99 Å². The lowest BCUT2D eigenvalue weighted by atomic mass is 9.71. The van der Waals surface area contributed by atoms with E-state index in [9.17, 15) is 0 Å². The minimum atomic E-state index is -0.288. The van der Waals surface area contributed by atoms with Crippen molar-refractivity contribution >= 4 is 44.7 Å². The summed E-state index contributed by atoms with van der Waals surface area (Å²) in [5.41, 5.74) is 12.8. The van der Waals surface area contributed by atoms with E-state index < -0.39 is 0 Å². The molecule has 0 N–H and O–H groups in total. The Balaban J connectivity index is 1.25. The van der Waals surface area contributed by atoms with Crippen LogP contribution < -0.4 is 0 Å². The summed E-state index contributed by atoms with van der Waals surface area (Å²) >= 11 is 0. The fourth-order valence-corrected chi connectivity index (χ4v) is 9.09. The molecule has 3 atom stereocenters. The maximum Gasteiger partial charge on any atom is 0.211 e. The third kappa shape index (κ3) is 4.67. The molecule has 52 heavy (non-hydrogen) atoms. The van der Waals surface area contributed by atoms with Crippen LogP contribution in [0.2, 0.25) is 0 Å². The summed E-state index contributed by atoms with van der Waals surface area (Å²) in [5, 5.41) is 3.76. The van der Waals surface area contributed by atoms with Gasteiger partial charge in [0.15, 0.2) is 0 Å². The summed E-state index contributed by atoms with van der Waals surface area (Å²) in [6, 6.07) is 43.9. The number of aromatic nitrogens is 2. The van der Waals surface area contributed by atoms with Crippen molar-refractivity contribution in [1.29, 1.82) is 0 Å². The molecule has 0 bridgehead atoms. The van der Waals surface area contributed by atoms with Crippen molar-refractivity contribution < 1.29 is 0 Å². The lowest BCUT2D eigenvalue weighted by molar-refractivity contribution is 0.167. The van der Waals surface area contributed by atoms with Gasteiger partial charge in [-0.3, -0.25) is 9.55 Å². The summed E-state index contributed by atoms with van der Waals surface area (Å²) < 4.78 is 2.44. The Kier molecular flexibility index (Phi) is 6.98. The zero-order valence-corrected chi connectivity index (χ0v) is 29.8. The third-order valence-corrected chi connectivity index (χ3v) is 11.7. The van der Waals surface area contributed by atoms with Gasteiger partial charge in [-0.1, -0.05) is 135 Å². The molecule has 0 saturated carbocycles. The van der Waals surface area contributed by atoms with Crippen LogP contribution in [0.5, 0.6) is 0 Å². The Hall–Kier alpha value is -6.00. The highest BCUT2D eigenvalue weighted by Gasteiger charge is 2.47. The fourth-order valence-electron chi connectivity index (χ4n) is 9.09. The second-order valence-electron chi connectivity index (χ2n) is 15.0. The molecule has 0 amide bonds. The molecule has 2 aliphatic carbocycles. The van der Waals surface area contributed by atoms with Gasteiger partial charge in [0.05, 0.1) is 34.0 Å². The van der Waals surface area contributed by atoms with Crippen molar-refractivity contribution in [3.63, 3.8) is 0 Å². The molecule has 2 aromatic heterocycles. The summed E-state index contributed by atoms with van der Waals surface area (Å²) in [7, 11) is 2.23. The smallest absolute Gasteiger partial charge is 0.211 e. The zero-order chi connectivity index (χ0) is 35.0. The summed E-state index contributed by atoms with van der Waals surface area (Å²) in [5.74, 6) is 1.40. The molecule has 3 aliphatic rings. The second-order valence-corrected chi connectivity index (χ2v) is 15.0. The standard InChI is InChI=1S/C48H40N4/c1-31-21-22-34-24-26-42-45(39(34)28-31)37-25-23-35(32-14-6-4-7-15-32)29-43(37)52(42)47-50-44-20-12-13-27-48(44,2)46(51(47)3)41-30-38(33-16-8-5-9-17-33)36-18-10-11-19-40(36)49-41/h4-26,29-31,46H,27-28H2,1-3H3. The molecule has 4 heteroatoms. The van der Waals surface area contributed by atoms with Gasteiger partial charge in [-0.05, 0) is 82.5 Å². The molecule has 7 aromatic rings. The number of hydrogen-bond acceptors (Lipinski definition) is 3. The average molecular weight is 673 g/mol. The maximum atomic E-state index is 5.62. The average Bonchev–Trinajstić information content (AvgIpc) is 3.51. The first-order valence-corrected chi connectivity index (χ1v) is 18.5. The molecule has 0 saturated heterocycles. The van der Waals surface area contributed by atoms with Crippen LogP contribution >= 0.6 is 0 Å². The number of benzene rings is 5. The minimum absolute atomic E-state index is 0.0753. The van der Waals surface area contributed by atoms with Crippen molar-refractivity contribution in [3.8, 4) is 22.3 Å².